The van der Waals surface area contributed by atoms with E-state index in [9.17, 15) is 10.2 Å². The summed E-state index contributed by atoms with van der Waals surface area (Å²) in [5, 5.41) is 23.0. The molecule has 0 aromatic heterocycles. The van der Waals surface area contributed by atoms with Crippen molar-refractivity contribution in [1.82, 2.24) is 5.32 Å². The summed E-state index contributed by atoms with van der Waals surface area (Å²) >= 11 is 0. The molecule has 2 rings (SSSR count). The molecule has 0 radical (unpaired) electrons. The van der Waals surface area contributed by atoms with Crippen LogP contribution in [0, 0.1) is 0 Å². The number of hydrogen-bond acceptors (Lipinski definition) is 4. The minimum atomic E-state index is -1.000. The van der Waals surface area contributed by atoms with Gasteiger partial charge in [0.25, 0.3) is 0 Å². The zero-order chi connectivity index (χ0) is 16.0. The van der Waals surface area contributed by atoms with Gasteiger partial charge in [0.05, 0.1) is 6.61 Å². The van der Waals surface area contributed by atoms with Crippen LogP contribution in [0.2, 0.25) is 0 Å². The van der Waals surface area contributed by atoms with E-state index in [0.29, 0.717) is 5.75 Å². The Kier molecular flexibility index (Phi) is 5.55. The normalized spacial score (nSPS) is 14.4. The molecular formula is C18H23NO3. The zero-order valence-electron chi connectivity index (χ0n) is 12.9. The lowest BCUT2D eigenvalue weighted by Gasteiger charge is -2.33. The SMILES string of the molecule is CC(C)(NC(O)C(CO)Oc1ccccc1)c1ccccc1. The molecule has 22 heavy (non-hydrogen) atoms. The van der Waals surface area contributed by atoms with Gasteiger partial charge in [-0.2, -0.15) is 0 Å². The second kappa shape index (κ2) is 7.40. The second-order valence-electron chi connectivity index (χ2n) is 5.73. The molecule has 0 saturated heterocycles. The van der Waals surface area contributed by atoms with Crippen LogP contribution in [0.25, 0.3) is 0 Å². The maximum Gasteiger partial charge on any atom is 0.161 e. The standard InChI is InChI=1S/C18H23NO3/c1-18(2,14-9-5-3-6-10-14)19-17(21)16(13-20)22-15-11-7-4-8-12-15/h3-12,16-17,19-21H,13H2,1-2H3. The van der Waals surface area contributed by atoms with Gasteiger partial charge >= 0.3 is 0 Å². The lowest BCUT2D eigenvalue weighted by Crippen LogP contribution is -2.52. The highest BCUT2D eigenvalue weighted by Gasteiger charge is 2.28. The molecule has 0 aliphatic rings. The van der Waals surface area contributed by atoms with E-state index >= 15 is 0 Å². The summed E-state index contributed by atoms with van der Waals surface area (Å²) in [5.41, 5.74) is 0.596. The van der Waals surface area contributed by atoms with Gasteiger partial charge in [0.15, 0.2) is 6.10 Å². The van der Waals surface area contributed by atoms with Crippen molar-refractivity contribution in [2.45, 2.75) is 31.7 Å². The molecular weight excluding hydrogens is 278 g/mol. The van der Waals surface area contributed by atoms with E-state index in [1.807, 2.05) is 62.4 Å². The molecule has 0 fully saturated rings. The van der Waals surface area contributed by atoms with E-state index < -0.39 is 17.9 Å². The van der Waals surface area contributed by atoms with Crippen LogP contribution in [-0.2, 0) is 5.54 Å². The van der Waals surface area contributed by atoms with E-state index in [1.165, 1.54) is 0 Å². The molecule has 118 valence electrons. The summed E-state index contributed by atoms with van der Waals surface area (Å²) < 4.78 is 5.64. The fraction of sp³-hybridized carbons (Fsp3) is 0.333. The first-order valence-electron chi connectivity index (χ1n) is 7.37. The Morgan fingerprint density at radius 2 is 1.55 bits per heavy atom. The third kappa shape index (κ3) is 4.31. The summed E-state index contributed by atoms with van der Waals surface area (Å²) in [5.74, 6) is 0.611. The fourth-order valence-corrected chi connectivity index (χ4v) is 2.28. The van der Waals surface area contributed by atoms with Crippen molar-refractivity contribution in [1.29, 1.82) is 0 Å². The largest absolute Gasteiger partial charge is 0.484 e. The molecule has 4 nitrogen and oxygen atoms in total. The lowest BCUT2D eigenvalue weighted by molar-refractivity contribution is -0.0303. The predicted molar refractivity (Wildman–Crippen MR) is 86.6 cm³/mol. The molecule has 2 unspecified atom stereocenters. The van der Waals surface area contributed by atoms with Crippen LogP contribution >= 0.6 is 0 Å². The minimum Gasteiger partial charge on any atom is -0.484 e. The second-order valence-corrected chi connectivity index (χ2v) is 5.73. The number of ether oxygens (including phenoxy) is 1. The van der Waals surface area contributed by atoms with Gasteiger partial charge in [-0.05, 0) is 31.5 Å². The molecule has 3 N–H and O–H groups in total. The summed E-state index contributed by atoms with van der Waals surface area (Å²) in [6, 6.07) is 19.0. The Hall–Kier alpha value is -1.88. The topological polar surface area (TPSA) is 61.7 Å². The third-order valence-electron chi connectivity index (χ3n) is 3.57. The van der Waals surface area contributed by atoms with Crippen molar-refractivity contribution in [3.8, 4) is 5.75 Å². The highest BCUT2D eigenvalue weighted by molar-refractivity contribution is 5.23. The summed E-state index contributed by atoms with van der Waals surface area (Å²) in [7, 11) is 0. The van der Waals surface area contributed by atoms with Crippen molar-refractivity contribution >= 4 is 0 Å². The maximum absolute atomic E-state index is 10.4. The fourth-order valence-electron chi connectivity index (χ4n) is 2.28. The van der Waals surface area contributed by atoms with E-state index in [-0.39, 0.29) is 6.61 Å². The summed E-state index contributed by atoms with van der Waals surface area (Å²) in [4.78, 5) is 0. The maximum atomic E-state index is 10.4. The Balaban J connectivity index is 2.04. The van der Waals surface area contributed by atoms with E-state index in [1.54, 1.807) is 12.1 Å². The van der Waals surface area contributed by atoms with E-state index in [2.05, 4.69) is 5.32 Å². The van der Waals surface area contributed by atoms with Crippen molar-refractivity contribution < 1.29 is 14.9 Å². The molecule has 2 aromatic carbocycles. The number of benzene rings is 2. The molecule has 0 bridgehead atoms. The summed E-state index contributed by atoms with van der Waals surface area (Å²) in [6.45, 7) is 3.67. The first kappa shape index (κ1) is 16.5. The zero-order valence-corrected chi connectivity index (χ0v) is 12.9. The van der Waals surface area contributed by atoms with Crippen LogP contribution in [0.4, 0.5) is 0 Å². The highest BCUT2D eigenvalue weighted by atomic mass is 16.5. The van der Waals surface area contributed by atoms with Crippen LogP contribution in [0.5, 0.6) is 5.75 Å². The smallest absolute Gasteiger partial charge is 0.161 e. The molecule has 4 heteroatoms. The highest BCUT2D eigenvalue weighted by Crippen LogP contribution is 2.21. The van der Waals surface area contributed by atoms with Crippen LogP contribution in [0.3, 0.4) is 0 Å². The minimum absolute atomic E-state index is 0.284. The first-order valence-corrected chi connectivity index (χ1v) is 7.37. The molecule has 0 saturated carbocycles. The van der Waals surface area contributed by atoms with Crippen molar-refractivity contribution in [2.75, 3.05) is 6.61 Å². The average molecular weight is 301 g/mol. The number of rotatable bonds is 7. The molecule has 0 aliphatic heterocycles. The Morgan fingerprint density at radius 1 is 1.00 bits per heavy atom. The first-order chi connectivity index (χ1) is 10.5. The van der Waals surface area contributed by atoms with Gasteiger partial charge in [0, 0.05) is 5.54 Å². The quantitative estimate of drug-likeness (QED) is 0.687. The van der Waals surface area contributed by atoms with Gasteiger partial charge < -0.3 is 14.9 Å². The van der Waals surface area contributed by atoms with Gasteiger partial charge in [-0.25, -0.2) is 0 Å². The predicted octanol–water partition coefficient (Wildman–Crippen LogP) is 2.27. The van der Waals surface area contributed by atoms with Gasteiger partial charge in [-0.1, -0.05) is 48.5 Å². The number of nitrogens with one attached hydrogen (secondary N) is 1. The molecule has 2 atom stereocenters. The van der Waals surface area contributed by atoms with Gasteiger partial charge in [-0.15, -0.1) is 0 Å². The molecule has 0 spiro atoms. The Morgan fingerprint density at radius 3 is 2.09 bits per heavy atom. The van der Waals surface area contributed by atoms with Crippen LogP contribution in [0.15, 0.2) is 60.7 Å². The van der Waals surface area contributed by atoms with Crippen LogP contribution in [-0.4, -0.2) is 29.2 Å². The number of aliphatic hydroxyl groups is 2. The van der Waals surface area contributed by atoms with E-state index in [4.69, 9.17) is 4.74 Å². The van der Waals surface area contributed by atoms with Crippen LogP contribution < -0.4 is 10.1 Å². The Bertz CT molecular complexity index is 557. The van der Waals surface area contributed by atoms with E-state index in [0.717, 1.165) is 5.56 Å². The summed E-state index contributed by atoms with van der Waals surface area (Å²) in [6.07, 6.45) is -1.74. The molecule has 2 aromatic rings. The monoisotopic (exact) mass is 301 g/mol. The average Bonchev–Trinajstić information content (AvgIpc) is 2.54. The van der Waals surface area contributed by atoms with Crippen molar-refractivity contribution in [3.05, 3.63) is 66.2 Å². The molecule has 0 amide bonds. The van der Waals surface area contributed by atoms with Gasteiger partial charge in [0.2, 0.25) is 0 Å². The van der Waals surface area contributed by atoms with Gasteiger partial charge in [-0.3, -0.25) is 5.32 Å². The number of hydrogen-bond donors (Lipinski definition) is 3. The van der Waals surface area contributed by atoms with Crippen molar-refractivity contribution in [2.24, 2.45) is 0 Å². The molecule has 0 aliphatic carbocycles. The van der Waals surface area contributed by atoms with Gasteiger partial charge in [0.1, 0.15) is 12.0 Å². The Labute approximate surface area is 131 Å². The number of aliphatic hydroxyl groups excluding tert-OH is 2. The molecule has 0 heterocycles. The third-order valence-corrected chi connectivity index (χ3v) is 3.57. The van der Waals surface area contributed by atoms with Crippen LogP contribution in [0.1, 0.15) is 19.4 Å². The van der Waals surface area contributed by atoms with Crippen molar-refractivity contribution in [3.63, 3.8) is 0 Å². The number of para-hydroxylation sites is 1. The lowest BCUT2D eigenvalue weighted by atomic mass is 9.94.